The van der Waals surface area contributed by atoms with Crippen LogP contribution in [0.4, 0.5) is 0 Å². The van der Waals surface area contributed by atoms with Crippen molar-refractivity contribution in [2.75, 3.05) is 27.2 Å². The molecule has 0 aliphatic carbocycles. The summed E-state index contributed by atoms with van der Waals surface area (Å²) in [7, 11) is 3.85. The predicted octanol–water partition coefficient (Wildman–Crippen LogP) is 2.03. The molecule has 2 heterocycles. The van der Waals surface area contributed by atoms with Crippen molar-refractivity contribution in [3.8, 4) is 0 Å². The van der Waals surface area contributed by atoms with E-state index in [1.165, 1.54) is 12.8 Å². The van der Waals surface area contributed by atoms with Gasteiger partial charge in [0.15, 0.2) is 5.96 Å². The van der Waals surface area contributed by atoms with Gasteiger partial charge in [0.1, 0.15) is 0 Å². The maximum Gasteiger partial charge on any atom is 0.193 e. The van der Waals surface area contributed by atoms with Crippen molar-refractivity contribution < 1.29 is 4.74 Å². The molecule has 0 bridgehead atoms. The van der Waals surface area contributed by atoms with E-state index < -0.39 is 0 Å². The molecular weight excluding hydrogens is 272 g/mol. The van der Waals surface area contributed by atoms with Crippen molar-refractivity contribution in [3.63, 3.8) is 0 Å². The number of aryl methyl sites for hydroxylation is 1. The zero-order chi connectivity index (χ0) is 14.4. The van der Waals surface area contributed by atoms with Crippen LogP contribution in [-0.2, 0) is 11.3 Å². The first-order valence-electron chi connectivity index (χ1n) is 7.13. The summed E-state index contributed by atoms with van der Waals surface area (Å²) in [6.07, 6.45) is 3.90. The zero-order valence-corrected chi connectivity index (χ0v) is 13.4. The molecular formula is C14H24N4OS. The predicted molar refractivity (Wildman–Crippen MR) is 83.3 cm³/mol. The van der Waals surface area contributed by atoms with Crippen molar-refractivity contribution in [1.82, 2.24) is 15.2 Å². The van der Waals surface area contributed by atoms with Crippen LogP contribution in [0.1, 0.15) is 30.0 Å². The van der Waals surface area contributed by atoms with Gasteiger partial charge in [-0.3, -0.25) is 4.99 Å². The van der Waals surface area contributed by atoms with Crippen molar-refractivity contribution in [3.05, 3.63) is 16.1 Å². The van der Waals surface area contributed by atoms with Crippen LogP contribution in [0, 0.1) is 6.92 Å². The fourth-order valence-corrected chi connectivity index (χ4v) is 2.96. The van der Waals surface area contributed by atoms with E-state index in [4.69, 9.17) is 4.74 Å². The minimum Gasteiger partial charge on any atom is -0.376 e. The number of ether oxygens (including phenoxy) is 1. The lowest BCUT2D eigenvalue weighted by molar-refractivity contribution is 0.0191. The van der Waals surface area contributed by atoms with E-state index in [2.05, 4.69) is 25.6 Å². The van der Waals surface area contributed by atoms with Gasteiger partial charge < -0.3 is 15.0 Å². The monoisotopic (exact) mass is 296 g/mol. The Morgan fingerprint density at radius 2 is 2.45 bits per heavy atom. The lowest BCUT2D eigenvalue weighted by atomic mass is 10.1. The maximum atomic E-state index is 5.73. The molecule has 1 aromatic heterocycles. The fourth-order valence-electron chi connectivity index (χ4n) is 2.36. The Hall–Kier alpha value is -1.14. The van der Waals surface area contributed by atoms with Gasteiger partial charge in [-0.15, -0.1) is 11.3 Å². The Kier molecular flexibility index (Phi) is 5.79. The van der Waals surface area contributed by atoms with Gasteiger partial charge >= 0.3 is 0 Å². The third kappa shape index (κ3) is 4.45. The Bertz CT molecular complexity index is 440. The molecule has 1 fully saturated rings. The molecule has 20 heavy (non-hydrogen) atoms. The number of rotatable bonds is 4. The van der Waals surface area contributed by atoms with Gasteiger partial charge in [-0.25, -0.2) is 4.98 Å². The second-order valence-corrected chi connectivity index (χ2v) is 6.19. The van der Waals surface area contributed by atoms with E-state index >= 15 is 0 Å². The Labute approximate surface area is 125 Å². The van der Waals surface area contributed by atoms with Gasteiger partial charge in [0.25, 0.3) is 0 Å². The van der Waals surface area contributed by atoms with E-state index in [9.17, 15) is 0 Å². The Morgan fingerprint density at radius 3 is 3.05 bits per heavy atom. The van der Waals surface area contributed by atoms with Crippen LogP contribution >= 0.6 is 11.3 Å². The average Bonchev–Trinajstić information content (AvgIpc) is 2.86. The third-order valence-electron chi connectivity index (χ3n) is 3.40. The molecule has 1 aliphatic heterocycles. The highest BCUT2D eigenvalue weighted by molar-refractivity contribution is 7.09. The molecule has 1 N–H and O–H groups in total. The number of hydrogen-bond donors (Lipinski definition) is 1. The zero-order valence-electron chi connectivity index (χ0n) is 12.6. The first kappa shape index (κ1) is 15.3. The van der Waals surface area contributed by atoms with Gasteiger partial charge in [-0.1, -0.05) is 0 Å². The minimum absolute atomic E-state index is 0.315. The van der Waals surface area contributed by atoms with Crippen LogP contribution in [0.3, 0.4) is 0 Å². The fraction of sp³-hybridized carbons (Fsp3) is 0.714. The second kappa shape index (κ2) is 7.59. The summed E-state index contributed by atoms with van der Waals surface area (Å²) in [5, 5.41) is 6.60. The van der Waals surface area contributed by atoms with Gasteiger partial charge in [-0.05, 0) is 26.2 Å². The van der Waals surface area contributed by atoms with Crippen LogP contribution in [0.25, 0.3) is 0 Å². The highest BCUT2D eigenvalue weighted by Crippen LogP contribution is 2.12. The summed E-state index contributed by atoms with van der Waals surface area (Å²) >= 11 is 1.68. The molecule has 0 radical (unpaired) electrons. The van der Waals surface area contributed by atoms with Crippen LogP contribution in [0.5, 0.6) is 0 Å². The number of thiazole rings is 1. The van der Waals surface area contributed by atoms with Crippen molar-refractivity contribution in [2.24, 2.45) is 4.99 Å². The second-order valence-electron chi connectivity index (χ2n) is 5.13. The topological polar surface area (TPSA) is 49.8 Å². The Morgan fingerprint density at radius 1 is 1.60 bits per heavy atom. The molecule has 0 spiro atoms. The largest absolute Gasteiger partial charge is 0.376 e. The molecule has 1 aromatic rings. The van der Waals surface area contributed by atoms with Crippen molar-refractivity contribution in [1.29, 1.82) is 0 Å². The highest BCUT2D eigenvalue weighted by Gasteiger charge is 2.15. The molecule has 1 atom stereocenters. The van der Waals surface area contributed by atoms with Gasteiger partial charge in [0.05, 0.1) is 23.4 Å². The number of hydrogen-bond acceptors (Lipinski definition) is 4. The van der Waals surface area contributed by atoms with Gasteiger partial charge in [-0.2, -0.15) is 0 Å². The molecule has 2 rings (SSSR count). The summed E-state index contributed by atoms with van der Waals surface area (Å²) in [6.45, 7) is 4.52. The van der Waals surface area contributed by atoms with E-state index in [1.54, 1.807) is 11.3 Å². The molecule has 6 heteroatoms. The lowest BCUT2D eigenvalue weighted by Gasteiger charge is -2.26. The number of aromatic nitrogens is 1. The summed E-state index contributed by atoms with van der Waals surface area (Å²) in [5.74, 6) is 0.893. The summed E-state index contributed by atoms with van der Waals surface area (Å²) in [5.41, 5.74) is 1.09. The molecule has 1 unspecified atom stereocenters. The molecule has 0 amide bonds. The van der Waals surface area contributed by atoms with Crippen LogP contribution < -0.4 is 5.32 Å². The van der Waals surface area contributed by atoms with Crippen LogP contribution in [0.15, 0.2) is 10.4 Å². The normalized spacial score (nSPS) is 19.9. The Balaban J connectivity index is 1.81. The minimum atomic E-state index is 0.315. The lowest BCUT2D eigenvalue weighted by Crippen LogP contribution is -2.43. The number of guanidine groups is 1. The molecule has 1 saturated heterocycles. The van der Waals surface area contributed by atoms with E-state index in [1.807, 2.05) is 21.0 Å². The maximum absolute atomic E-state index is 5.73. The van der Waals surface area contributed by atoms with Gasteiger partial charge in [0, 0.05) is 32.6 Å². The standard InChI is InChI=1S/C14H24N4OS/c1-11-17-12(10-20-11)9-18(3)14(15-2)16-8-13-6-4-5-7-19-13/h10,13H,4-9H2,1-3H3,(H,15,16). The smallest absolute Gasteiger partial charge is 0.193 e. The SMILES string of the molecule is CN=C(NCC1CCCCO1)N(C)Cc1csc(C)n1. The summed E-state index contributed by atoms with van der Waals surface area (Å²) in [6, 6.07) is 0. The average molecular weight is 296 g/mol. The third-order valence-corrected chi connectivity index (χ3v) is 4.22. The molecule has 0 aromatic carbocycles. The number of aliphatic imine (C=N–C) groups is 1. The van der Waals surface area contributed by atoms with E-state index in [0.717, 1.165) is 42.8 Å². The highest BCUT2D eigenvalue weighted by atomic mass is 32.1. The van der Waals surface area contributed by atoms with Crippen LogP contribution in [0.2, 0.25) is 0 Å². The number of nitrogens with zero attached hydrogens (tertiary/aromatic N) is 3. The van der Waals surface area contributed by atoms with Crippen LogP contribution in [-0.4, -0.2) is 49.2 Å². The molecule has 1 aliphatic rings. The van der Waals surface area contributed by atoms with E-state index in [-0.39, 0.29) is 0 Å². The van der Waals surface area contributed by atoms with Crippen molar-refractivity contribution in [2.45, 2.75) is 38.8 Å². The first-order valence-corrected chi connectivity index (χ1v) is 8.01. The summed E-state index contributed by atoms with van der Waals surface area (Å²) in [4.78, 5) is 10.9. The molecule has 5 nitrogen and oxygen atoms in total. The van der Waals surface area contributed by atoms with Gasteiger partial charge in [0.2, 0.25) is 0 Å². The number of nitrogens with one attached hydrogen (secondary N) is 1. The molecule has 112 valence electrons. The first-order chi connectivity index (χ1) is 9.69. The quantitative estimate of drug-likeness (QED) is 0.682. The van der Waals surface area contributed by atoms with E-state index in [0.29, 0.717) is 6.10 Å². The molecule has 0 saturated carbocycles. The van der Waals surface area contributed by atoms with Crippen molar-refractivity contribution >= 4 is 17.3 Å². The summed E-state index contributed by atoms with van der Waals surface area (Å²) < 4.78 is 5.73.